The molecule has 3 N–H and O–H groups in total. The highest BCUT2D eigenvalue weighted by Crippen LogP contribution is 2.33. The summed E-state index contributed by atoms with van der Waals surface area (Å²) in [4.78, 5) is -0.109. The molecule has 0 radical (unpaired) electrons. The summed E-state index contributed by atoms with van der Waals surface area (Å²) in [5.74, 6) is 0. The molecule has 0 aromatic heterocycles. The topological polar surface area (TPSA) is 72.2 Å². The van der Waals surface area contributed by atoms with Gasteiger partial charge in [-0.15, -0.1) is 0 Å². The zero-order valence-electron chi connectivity index (χ0n) is 10.5. The molecule has 2 rings (SSSR count). The average molecular weight is 331 g/mol. The van der Waals surface area contributed by atoms with Gasteiger partial charge < -0.3 is 5.73 Å². The van der Waals surface area contributed by atoms with E-state index in [-0.39, 0.29) is 20.6 Å². The van der Waals surface area contributed by atoms with Gasteiger partial charge in [-0.3, -0.25) is 4.72 Å². The molecule has 0 saturated carbocycles. The third-order valence-electron chi connectivity index (χ3n) is 2.65. The zero-order valence-corrected chi connectivity index (χ0v) is 12.9. The third-order valence-corrected chi connectivity index (χ3v) is 4.92. The van der Waals surface area contributed by atoms with Gasteiger partial charge in [-0.25, -0.2) is 8.42 Å². The smallest absolute Gasteiger partial charge is 0.263 e. The lowest BCUT2D eigenvalue weighted by Crippen LogP contribution is -2.14. The van der Waals surface area contributed by atoms with Crippen molar-refractivity contribution in [2.45, 2.75) is 11.8 Å². The number of nitrogens with two attached hydrogens (primary N) is 1. The molecule has 106 valence electrons. The number of nitrogen functional groups attached to an aromatic ring is 1. The molecule has 7 heteroatoms. The van der Waals surface area contributed by atoms with E-state index in [1.165, 1.54) is 12.1 Å². The Labute approximate surface area is 127 Å². The molecule has 0 aliphatic rings. The summed E-state index contributed by atoms with van der Waals surface area (Å²) in [5.41, 5.74) is 7.07. The predicted molar refractivity (Wildman–Crippen MR) is 82.9 cm³/mol. The molecule has 2 aromatic rings. The number of benzene rings is 2. The zero-order chi connectivity index (χ0) is 14.9. The van der Waals surface area contributed by atoms with E-state index in [2.05, 4.69) is 4.72 Å². The first-order valence-electron chi connectivity index (χ1n) is 5.64. The van der Waals surface area contributed by atoms with Crippen LogP contribution in [0.1, 0.15) is 5.56 Å². The maximum atomic E-state index is 12.3. The van der Waals surface area contributed by atoms with Gasteiger partial charge >= 0.3 is 0 Å². The second kappa shape index (κ2) is 5.52. The molecule has 0 spiro atoms. The lowest BCUT2D eigenvalue weighted by atomic mass is 10.2. The van der Waals surface area contributed by atoms with Crippen LogP contribution in [0.2, 0.25) is 10.0 Å². The van der Waals surface area contributed by atoms with Crippen LogP contribution >= 0.6 is 23.2 Å². The third kappa shape index (κ3) is 3.00. The largest absolute Gasteiger partial charge is 0.396 e. The highest BCUT2D eigenvalue weighted by Gasteiger charge is 2.20. The van der Waals surface area contributed by atoms with E-state index in [1.807, 2.05) is 13.0 Å². The summed E-state index contributed by atoms with van der Waals surface area (Å²) < 4.78 is 27.1. The molecule has 0 saturated heterocycles. The second-order valence-corrected chi connectivity index (χ2v) is 6.68. The molecule has 0 aliphatic heterocycles. The van der Waals surface area contributed by atoms with Crippen molar-refractivity contribution in [2.75, 3.05) is 10.5 Å². The van der Waals surface area contributed by atoms with Crippen LogP contribution in [-0.4, -0.2) is 8.42 Å². The summed E-state index contributed by atoms with van der Waals surface area (Å²) in [6.07, 6.45) is 0. The Morgan fingerprint density at radius 2 is 1.85 bits per heavy atom. The van der Waals surface area contributed by atoms with E-state index in [1.54, 1.807) is 18.2 Å². The van der Waals surface area contributed by atoms with Crippen LogP contribution in [0, 0.1) is 6.92 Å². The first kappa shape index (κ1) is 15.0. The van der Waals surface area contributed by atoms with E-state index in [0.717, 1.165) is 5.56 Å². The number of nitrogens with one attached hydrogen (secondary N) is 1. The average Bonchev–Trinajstić information content (AvgIpc) is 2.35. The van der Waals surface area contributed by atoms with Gasteiger partial charge in [0.25, 0.3) is 10.0 Å². The number of aryl methyl sites for hydroxylation is 1. The minimum Gasteiger partial charge on any atom is -0.396 e. The fraction of sp³-hybridized carbons (Fsp3) is 0.0769. The quantitative estimate of drug-likeness (QED) is 0.843. The van der Waals surface area contributed by atoms with Gasteiger partial charge in [0.15, 0.2) is 0 Å². The Morgan fingerprint density at radius 3 is 2.50 bits per heavy atom. The lowest BCUT2D eigenvalue weighted by Gasteiger charge is -2.11. The van der Waals surface area contributed by atoms with Gasteiger partial charge in [-0.2, -0.15) is 0 Å². The van der Waals surface area contributed by atoms with Crippen LogP contribution in [0.15, 0.2) is 41.3 Å². The van der Waals surface area contributed by atoms with Gasteiger partial charge in [-0.05, 0) is 36.8 Å². The maximum absolute atomic E-state index is 12.3. The van der Waals surface area contributed by atoms with Crippen molar-refractivity contribution in [3.05, 3.63) is 52.0 Å². The summed E-state index contributed by atoms with van der Waals surface area (Å²) in [6.45, 7) is 1.87. The number of rotatable bonds is 3. The van der Waals surface area contributed by atoms with E-state index in [0.29, 0.717) is 5.69 Å². The molecular weight excluding hydrogens is 319 g/mol. The molecule has 0 aliphatic carbocycles. The molecule has 0 atom stereocenters. The van der Waals surface area contributed by atoms with Crippen molar-refractivity contribution in [3.63, 3.8) is 0 Å². The highest BCUT2D eigenvalue weighted by molar-refractivity contribution is 7.92. The first-order valence-corrected chi connectivity index (χ1v) is 7.88. The van der Waals surface area contributed by atoms with Crippen LogP contribution in [0.25, 0.3) is 0 Å². The fourth-order valence-electron chi connectivity index (χ4n) is 1.68. The van der Waals surface area contributed by atoms with Crippen molar-refractivity contribution in [1.82, 2.24) is 0 Å². The molecule has 0 unspecified atom stereocenters. The van der Waals surface area contributed by atoms with Crippen molar-refractivity contribution in [3.8, 4) is 0 Å². The summed E-state index contributed by atoms with van der Waals surface area (Å²) in [6, 6.07) is 9.70. The molecule has 2 aromatic carbocycles. The van der Waals surface area contributed by atoms with Gasteiger partial charge in [0, 0.05) is 5.69 Å². The normalized spacial score (nSPS) is 11.3. The number of hydrogen-bond donors (Lipinski definition) is 2. The number of halogens is 2. The summed E-state index contributed by atoms with van der Waals surface area (Å²) >= 11 is 11.7. The molecule has 20 heavy (non-hydrogen) atoms. The van der Waals surface area contributed by atoms with Crippen LogP contribution < -0.4 is 10.5 Å². The van der Waals surface area contributed by atoms with E-state index < -0.39 is 10.0 Å². The van der Waals surface area contributed by atoms with Gasteiger partial charge in [0.2, 0.25) is 0 Å². The van der Waals surface area contributed by atoms with E-state index in [4.69, 9.17) is 28.9 Å². The summed E-state index contributed by atoms with van der Waals surface area (Å²) in [7, 11) is -3.82. The molecule has 0 fully saturated rings. The number of sulfonamides is 1. The fourth-order valence-corrected chi connectivity index (χ4v) is 3.49. The van der Waals surface area contributed by atoms with Gasteiger partial charge in [-0.1, -0.05) is 35.3 Å². The Hall–Kier alpha value is -1.43. The highest BCUT2D eigenvalue weighted by atomic mass is 35.5. The second-order valence-electron chi connectivity index (χ2n) is 4.25. The van der Waals surface area contributed by atoms with Crippen molar-refractivity contribution in [2.24, 2.45) is 0 Å². The van der Waals surface area contributed by atoms with Crippen molar-refractivity contribution < 1.29 is 8.42 Å². The molecular formula is C13H12Cl2N2O2S. The SMILES string of the molecule is Cc1cccc(NS(=O)(=O)c2ccc(Cl)c(N)c2Cl)c1. The van der Waals surface area contributed by atoms with Crippen LogP contribution in [-0.2, 0) is 10.0 Å². The monoisotopic (exact) mass is 330 g/mol. The number of hydrogen-bond acceptors (Lipinski definition) is 3. The lowest BCUT2D eigenvalue weighted by molar-refractivity contribution is 0.601. The van der Waals surface area contributed by atoms with Gasteiger partial charge in [0.05, 0.1) is 15.7 Å². The Balaban J connectivity index is 2.44. The molecule has 4 nitrogen and oxygen atoms in total. The standard InChI is InChI=1S/C13H12Cl2N2O2S/c1-8-3-2-4-9(7-8)17-20(18,19)11-6-5-10(14)13(16)12(11)15/h2-7,17H,16H2,1H3. The summed E-state index contributed by atoms with van der Waals surface area (Å²) in [5, 5.41) is 0.127. The Morgan fingerprint density at radius 1 is 1.15 bits per heavy atom. The molecule has 0 amide bonds. The Kier molecular flexibility index (Phi) is 4.13. The first-order chi connectivity index (χ1) is 9.31. The Bertz CT molecular complexity index is 761. The van der Waals surface area contributed by atoms with Gasteiger partial charge in [0.1, 0.15) is 4.90 Å². The van der Waals surface area contributed by atoms with Crippen LogP contribution in [0.3, 0.4) is 0 Å². The van der Waals surface area contributed by atoms with Crippen LogP contribution in [0.4, 0.5) is 11.4 Å². The molecule has 0 heterocycles. The number of anilines is 2. The van der Waals surface area contributed by atoms with E-state index >= 15 is 0 Å². The molecule has 0 bridgehead atoms. The minimum atomic E-state index is -3.82. The van der Waals surface area contributed by atoms with E-state index in [9.17, 15) is 8.42 Å². The predicted octanol–water partition coefficient (Wildman–Crippen LogP) is 3.68. The van der Waals surface area contributed by atoms with Crippen molar-refractivity contribution >= 4 is 44.6 Å². The minimum absolute atomic E-state index is 0.0421. The van der Waals surface area contributed by atoms with Crippen LogP contribution in [0.5, 0.6) is 0 Å². The maximum Gasteiger partial charge on any atom is 0.263 e. The van der Waals surface area contributed by atoms with Crippen molar-refractivity contribution in [1.29, 1.82) is 0 Å².